The van der Waals surface area contributed by atoms with Gasteiger partial charge in [0.1, 0.15) is 5.65 Å². The van der Waals surface area contributed by atoms with Crippen molar-refractivity contribution in [2.75, 3.05) is 5.32 Å². The van der Waals surface area contributed by atoms with Crippen LogP contribution in [0.15, 0.2) is 37.1 Å². The number of aromatic nitrogens is 5. The number of rotatable bonds is 4. The second-order valence-electron chi connectivity index (χ2n) is 7.88. The molecule has 0 unspecified atom stereocenters. The van der Waals surface area contributed by atoms with Crippen LogP contribution in [0.3, 0.4) is 0 Å². The molecule has 0 aliphatic heterocycles. The number of nitrogens with one attached hydrogen (secondary N) is 3. The average Bonchev–Trinajstić information content (AvgIpc) is 3.26. The number of hydrogen-bond donors (Lipinski definition) is 3. The highest BCUT2D eigenvalue weighted by molar-refractivity contribution is 5.93. The number of halogens is 1. The summed E-state index contributed by atoms with van der Waals surface area (Å²) < 4.78 is 16.0. The van der Waals surface area contributed by atoms with Crippen LogP contribution in [0.1, 0.15) is 26.7 Å². The maximum absolute atomic E-state index is 14.3. The molecule has 1 fully saturated rings. The molecule has 0 spiro atoms. The van der Waals surface area contributed by atoms with Gasteiger partial charge in [0.15, 0.2) is 11.5 Å². The highest BCUT2D eigenvalue weighted by atomic mass is 19.1. The summed E-state index contributed by atoms with van der Waals surface area (Å²) in [6.45, 7) is 3.56. The molecule has 5 rings (SSSR count). The maximum atomic E-state index is 14.3. The Morgan fingerprint density at radius 3 is 3.00 bits per heavy atom. The Labute approximate surface area is 165 Å². The van der Waals surface area contributed by atoms with Crippen LogP contribution in [0.4, 0.5) is 10.3 Å². The van der Waals surface area contributed by atoms with Crippen molar-refractivity contribution in [3.63, 3.8) is 0 Å². The SMILES string of the molecule is CC(=O)NC1(C)CC(Nc2ncc3c(-c4cc(F)c5nccn5c4)c[nH]c3n2)C1. The topological polar surface area (TPSA) is 100 Å². The zero-order valence-electron chi connectivity index (χ0n) is 16.0. The van der Waals surface area contributed by atoms with Gasteiger partial charge in [-0.15, -0.1) is 0 Å². The first kappa shape index (κ1) is 17.6. The molecule has 29 heavy (non-hydrogen) atoms. The van der Waals surface area contributed by atoms with Gasteiger partial charge in [-0.25, -0.2) is 14.4 Å². The van der Waals surface area contributed by atoms with Gasteiger partial charge in [0.05, 0.1) is 0 Å². The van der Waals surface area contributed by atoms with E-state index in [0.717, 1.165) is 23.8 Å². The van der Waals surface area contributed by atoms with E-state index >= 15 is 0 Å². The number of nitrogens with zero attached hydrogens (tertiary/aromatic N) is 4. The fraction of sp³-hybridized carbons (Fsp3) is 0.300. The van der Waals surface area contributed by atoms with Crippen molar-refractivity contribution in [3.05, 3.63) is 42.9 Å². The van der Waals surface area contributed by atoms with Gasteiger partial charge >= 0.3 is 0 Å². The zero-order chi connectivity index (χ0) is 20.2. The van der Waals surface area contributed by atoms with E-state index in [9.17, 15) is 9.18 Å². The van der Waals surface area contributed by atoms with Gasteiger partial charge in [0.25, 0.3) is 0 Å². The molecule has 1 amide bonds. The fourth-order valence-corrected chi connectivity index (χ4v) is 4.19. The number of pyridine rings is 1. The van der Waals surface area contributed by atoms with Crippen LogP contribution in [0.2, 0.25) is 0 Å². The van der Waals surface area contributed by atoms with Crippen molar-refractivity contribution in [2.45, 2.75) is 38.3 Å². The molecule has 0 bridgehead atoms. The molecule has 9 heteroatoms. The van der Waals surface area contributed by atoms with E-state index in [-0.39, 0.29) is 23.3 Å². The second kappa shape index (κ2) is 6.26. The monoisotopic (exact) mass is 393 g/mol. The van der Waals surface area contributed by atoms with Crippen molar-refractivity contribution >= 4 is 28.5 Å². The number of anilines is 1. The predicted molar refractivity (Wildman–Crippen MR) is 107 cm³/mol. The van der Waals surface area contributed by atoms with Gasteiger partial charge in [-0.2, -0.15) is 4.98 Å². The molecule has 8 nitrogen and oxygen atoms in total. The van der Waals surface area contributed by atoms with Crippen LogP contribution in [-0.2, 0) is 4.79 Å². The molecule has 4 heterocycles. The van der Waals surface area contributed by atoms with Crippen molar-refractivity contribution in [2.24, 2.45) is 0 Å². The van der Waals surface area contributed by atoms with Gasteiger partial charge in [-0.1, -0.05) is 0 Å². The summed E-state index contributed by atoms with van der Waals surface area (Å²) in [6.07, 6.45) is 10.3. The molecule has 0 aromatic carbocycles. The highest BCUT2D eigenvalue weighted by Gasteiger charge is 2.41. The van der Waals surface area contributed by atoms with E-state index in [1.165, 1.54) is 13.0 Å². The minimum Gasteiger partial charge on any atom is -0.351 e. The lowest BCUT2D eigenvalue weighted by atomic mass is 9.74. The number of imidazole rings is 1. The Bertz CT molecular complexity index is 1240. The molecule has 0 radical (unpaired) electrons. The van der Waals surface area contributed by atoms with Crippen LogP contribution in [0, 0.1) is 5.82 Å². The molecule has 0 atom stereocenters. The third kappa shape index (κ3) is 3.08. The average molecular weight is 393 g/mol. The van der Waals surface area contributed by atoms with Crippen LogP contribution in [0.5, 0.6) is 0 Å². The van der Waals surface area contributed by atoms with Crippen LogP contribution in [0.25, 0.3) is 27.8 Å². The van der Waals surface area contributed by atoms with Crippen molar-refractivity contribution < 1.29 is 9.18 Å². The van der Waals surface area contributed by atoms with Crippen molar-refractivity contribution in [3.8, 4) is 11.1 Å². The van der Waals surface area contributed by atoms with Crippen molar-refractivity contribution in [1.29, 1.82) is 0 Å². The standard InChI is InChI=1S/C20H20FN7O/c1-11(29)27-20(2)6-13(7-20)25-19-24-9-15-14(8-23-17(15)26-19)12-5-16(21)18-22-3-4-28(18)10-12/h3-5,8-10,13H,6-7H2,1-2H3,(H,27,29)(H2,23,24,25,26). The molecule has 3 N–H and O–H groups in total. The van der Waals surface area contributed by atoms with Crippen molar-refractivity contribution in [1.82, 2.24) is 29.7 Å². The molecule has 1 saturated carbocycles. The van der Waals surface area contributed by atoms with E-state index in [4.69, 9.17) is 0 Å². The Hall–Kier alpha value is -3.49. The summed E-state index contributed by atoms with van der Waals surface area (Å²) in [5.41, 5.74) is 2.33. The molecule has 4 aromatic heterocycles. The zero-order valence-corrected chi connectivity index (χ0v) is 16.0. The molecular formula is C20H20FN7O. The van der Waals surface area contributed by atoms with E-state index in [2.05, 4.69) is 30.6 Å². The number of H-pyrrole nitrogens is 1. The Kier molecular flexibility index (Phi) is 3.80. The molecule has 1 aliphatic carbocycles. The first-order chi connectivity index (χ1) is 13.9. The summed E-state index contributed by atoms with van der Waals surface area (Å²) in [6, 6.07) is 1.67. The Balaban J connectivity index is 1.38. The number of fused-ring (bicyclic) bond motifs is 2. The number of carbonyl (C=O) groups excluding carboxylic acids is 1. The molecular weight excluding hydrogens is 373 g/mol. The Morgan fingerprint density at radius 2 is 2.21 bits per heavy atom. The maximum Gasteiger partial charge on any atom is 0.224 e. The number of amides is 1. The first-order valence-corrected chi connectivity index (χ1v) is 9.42. The molecule has 148 valence electrons. The molecule has 0 saturated heterocycles. The molecule has 4 aromatic rings. The second-order valence-corrected chi connectivity index (χ2v) is 7.88. The minimum absolute atomic E-state index is 0.0205. The summed E-state index contributed by atoms with van der Waals surface area (Å²) in [5.74, 6) is 0.123. The summed E-state index contributed by atoms with van der Waals surface area (Å²) in [7, 11) is 0. The van der Waals surface area contributed by atoms with Gasteiger partial charge in [-0.05, 0) is 25.8 Å². The molecule has 1 aliphatic rings. The smallest absolute Gasteiger partial charge is 0.224 e. The number of carbonyl (C=O) groups is 1. The van der Waals surface area contributed by atoms with E-state index < -0.39 is 0 Å². The minimum atomic E-state index is -0.381. The predicted octanol–water partition coefficient (Wildman–Crippen LogP) is 2.88. The van der Waals surface area contributed by atoms with Crippen LogP contribution < -0.4 is 10.6 Å². The summed E-state index contributed by atoms with van der Waals surface area (Å²) in [5, 5.41) is 7.10. The van der Waals surface area contributed by atoms with Gasteiger partial charge < -0.3 is 20.0 Å². The summed E-state index contributed by atoms with van der Waals surface area (Å²) >= 11 is 0. The largest absolute Gasteiger partial charge is 0.351 e. The lowest BCUT2D eigenvalue weighted by molar-refractivity contribution is -0.121. The van der Waals surface area contributed by atoms with E-state index in [1.54, 1.807) is 29.2 Å². The van der Waals surface area contributed by atoms with Crippen LogP contribution in [-0.4, -0.2) is 41.8 Å². The highest BCUT2D eigenvalue weighted by Crippen LogP contribution is 2.34. The fourth-order valence-electron chi connectivity index (χ4n) is 4.19. The van der Waals surface area contributed by atoms with Crippen LogP contribution >= 0.6 is 0 Å². The normalized spacial score (nSPS) is 21.3. The first-order valence-electron chi connectivity index (χ1n) is 9.42. The quantitative estimate of drug-likeness (QED) is 0.495. The van der Waals surface area contributed by atoms with Gasteiger partial charge in [0, 0.05) is 66.0 Å². The lowest BCUT2D eigenvalue weighted by Crippen LogP contribution is -2.59. The summed E-state index contributed by atoms with van der Waals surface area (Å²) in [4.78, 5) is 27.4. The third-order valence-corrected chi connectivity index (χ3v) is 5.39. The van der Waals surface area contributed by atoms with E-state index in [1.807, 2.05) is 13.1 Å². The van der Waals surface area contributed by atoms with Gasteiger partial charge in [-0.3, -0.25) is 4.79 Å². The van der Waals surface area contributed by atoms with Gasteiger partial charge in [0.2, 0.25) is 11.9 Å². The van der Waals surface area contributed by atoms with E-state index in [0.29, 0.717) is 22.8 Å². The lowest BCUT2D eigenvalue weighted by Gasteiger charge is -2.45. The Morgan fingerprint density at radius 1 is 1.38 bits per heavy atom. The number of aromatic amines is 1. The number of hydrogen-bond acceptors (Lipinski definition) is 5. The third-order valence-electron chi connectivity index (χ3n) is 5.39.